The second kappa shape index (κ2) is 3.77. The molecule has 1 aromatic carbocycles. The number of nitro benzene ring substituents is 1. The van der Waals surface area contributed by atoms with E-state index in [1.54, 1.807) is 12.1 Å². The second-order valence-corrected chi connectivity index (χ2v) is 3.60. The van der Waals surface area contributed by atoms with Gasteiger partial charge in [-0.1, -0.05) is 12.1 Å². The third-order valence-corrected chi connectivity index (χ3v) is 2.46. The molecule has 0 radical (unpaired) electrons. The summed E-state index contributed by atoms with van der Waals surface area (Å²) in [6, 6.07) is 6.43. The Hall–Kier alpha value is -2.17. The average Bonchev–Trinajstić information content (AvgIpc) is 2.59. The summed E-state index contributed by atoms with van der Waals surface area (Å²) in [5.41, 5.74) is 2.68. The molecular weight excluding hydrogens is 206 g/mol. The maximum absolute atomic E-state index is 10.6. The van der Waals surface area contributed by atoms with E-state index in [2.05, 4.69) is 9.97 Å². The van der Waals surface area contributed by atoms with Crippen LogP contribution in [0.3, 0.4) is 0 Å². The number of aromatic amines is 1. The number of nitro groups is 1. The summed E-state index contributed by atoms with van der Waals surface area (Å²) in [4.78, 5) is 17.6. The number of hydrogen-bond donors (Lipinski definition) is 1. The summed E-state index contributed by atoms with van der Waals surface area (Å²) in [5.74, 6) is 0.665. The number of aryl methyl sites for hydroxylation is 2. The van der Waals surface area contributed by atoms with Crippen molar-refractivity contribution in [2.75, 3.05) is 0 Å². The second-order valence-electron chi connectivity index (χ2n) is 3.60. The Kier molecular flexibility index (Phi) is 2.44. The molecule has 0 amide bonds. The van der Waals surface area contributed by atoms with Gasteiger partial charge in [0, 0.05) is 23.4 Å². The topological polar surface area (TPSA) is 71.8 Å². The lowest BCUT2D eigenvalue weighted by molar-refractivity contribution is -0.384. The smallest absolute Gasteiger partial charge is 0.270 e. The highest BCUT2D eigenvalue weighted by atomic mass is 16.6. The quantitative estimate of drug-likeness (QED) is 0.620. The molecule has 1 aromatic heterocycles. The third-order valence-electron chi connectivity index (χ3n) is 2.46. The molecule has 0 aliphatic heterocycles. The first kappa shape index (κ1) is 10.4. The Bertz CT molecular complexity index is 526. The van der Waals surface area contributed by atoms with Crippen LogP contribution >= 0.6 is 0 Å². The molecule has 2 rings (SSSR count). The van der Waals surface area contributed by atoms with Crippen LogP contribution in [0.15, 0.2) is 24.3 Å². The number of nitrogens with zero attached hydrogens (tertiary/aromatic N) is 2. The minimum absolute atomic E-state index is 0.0733. The van der Waals surface area contributed by atoms with Gasteiger partial charge in [0.1, 0.15) is 5.82 Å². The van der Waals surface area contributed by atoms with Gasteiger partial charge in [-0.05, 0) is 13.8 Å². The van der Waals surface area contributed by atoms with Crippen LogP contribution in [0.25, 0.3) is 11.4 Å². The largest absolute Gasteiger partial charge is 0.342 e. The number of H-pyrrole nitrogens is 1. The lowest BCUT2D eigenvalue weighted by atomic mass is 10.2. The summed E-state index contributed by atoms with van der Waals surface area (Å²) < 4.78 is 0. The van der Waals surface area contributed by atoms with Gasteiger partial charge in [-0.25, -0.2) is 4.98 Å². The lowest BCUT2D eigenvalue weighted by Crippen LogP contribution is -1.88. The van der Waals surface area contributed by atoms with Crippen molar-refractivity contribution >= 4 is 5.69 Å². The number of non-ortho nitro benzene ring substituents is 1. The highest BCUT2D eigenvalue weighted by molar-refractivity contribution is 5.59. The van der Waals surface area contributed by atoms with E-state index < -0.39 is 4.92 Å². The van der Waals surface area contributed by atoms with Crippen LogP contribution in [0.4, 0.5) is 5.69 Å². The predicted octanol–water partition coefficient (Wildman–Crippen LogP) is 2.60. The van der Waals surface area contributed by atoms with Crippen LogP contribution in [-0.4, -0.2) is 14.9 Å². The fourth-order valence-electron chi connectivity index (χ4n) is 1.45. The van der Waals surface area contributed by atoms with Gasteiger partial charge in [0.25, 0.3) is 5.69 Å². The van der Waals surface area contributed by atoms with E-state index in [4.69, 9.17) is 0 Å². The van der Waals surface area contributed by atoms with Crippen LogP contribution < -0.4 is 0 Å². The standard InChI is InChI=1S/C11H11N3O2/c1-7-8(2)13-11(12-7)9-4-3-5-10(6-9)14(15)16/h3-6H,1-2H3,(H,12,13). The number of hydrogen-bond acceptors (Lipinski definition) is 3. The summed E-state index contributed by atoms with van der Waals surface area (Å²) in [6.07, 6.45) is 0. The molecule has 1 N–H and O–H groups in total. The molecule has 0 aliphatic carbocycles. The molecule has 0 unspecified atom stereocenters. The van der Waals surface area contributed by atoms with Crippen molar-refractivity contribution in [3.05, 3.63) is 45.8 Å². The van der Waals surface area contributed by atoms with Crippen molar-refractivity contribution in [1.82, 2.24) is 9.97 Å². The van der Waals surface area contributed by atoms with Crippen molar-refractivity contribution in [2.24, 2.45) is 0 Å². The van der Waals surface area contributed by atoms with Gasteiger partial charge in [-0.2, -0.15) is 0 Å². The number of rotatable bonds is 2. The fourth-order valence-corrected chi connectivity index (χ4v) is 1.45. The van der Waals surface area contributed by atoms with Gasteiger partial charge >= 0.3 is 0 Å². The fraction of sp³-hybridized carbons (Fsp3) is 0.182. The SMILES string of the molecule is Cc1nc(-c2cccc([N+](=O)[O-])c2)[nH]c1C. The Balaban J connectivity index is 2.48. The van der Waals surface area contributed by atoms with Crippen LogP contribution in [0.2, 0.25) is 0 Å². The zero-order valence-corrected chi connectivity index (χ0v) is 9.02. The molecule has 0 bridgehead atoms. The number of imidazole rings is 1. The molecule has 0 saturated heterocycles. The van der Waals surface area contributed by atoms with E-state index in [1.165, 1.54) is 12.1 Å². The number of benzene rings is 1. The molecule has 1 heterocycles. The van der Waals surface area contributed by atoms with Crippen molar-refractivity contribution in [2.45, 2.75) is 13.8 Å². The van der Waals surface area contributed by atoms with E-state index in [-0.39, 0.29) is 5.69 Å². The normalized spacial score (nSPS) is 10.4. The minimum Gasteiger partial charge on any atom is -0.342 e. The molecule has 82 valence electrons. The molecule has 16 heavy (non-hydrogen) atoms. The van der Waals surface area contributed by atoms with E-state index in [0.717, 1.165) is 17.0 Å². The molecule has 0 spiro atoms. The van der Waals surface area contributed by atoms with E-state index in [9.17, 15) is 10.1 Å². The van der Waals surface area contributed by atoms with Crippen LogP contribution in [0.5, 0.6) is 0 Å². The van der Waals surface area contributed by atoms with Crippen LogP contribution in [0, 0.1) is 24.0 Å². The molecule has 0 fully saturated rings. The van der Waals surface area contributed by atoms with Crippen LogP contribution in [0.1, 0.15) is 11.4 Å². The molecule has 5 heteroatoms. The zero-order chi connectivity index (χ0) is 11.7. The summed E-state index contributed by atoms with van der Waals surface area (Å²) in [5, 5.41) is 10.6. The third kappa shape index (κ3) is 1.79. The van der Waals surface area contributed by atoms with Crippen molar-refractivity contribution < 1.29 is 4.92 Å². The maximum Gasteiger partial charge on any atom is 0.270 e. The molecule has 0 saturated carbocycles. The summed E-state index contributed by atoms with van der Waals surface area (Å²) in [6.45, 7) is 3.82. The van der Waals surface area contributed by atoms with Gasteiger partial charge in [-0.3, -0.25) is 10.1 Å². The van der Waals surface area contributed by atoms with Gasteiger partial charge < -0.3 is 4.98 Å². The monoisotopic (exact) mass is 217 g/mol. The van der Waals surface area contributed by atoms with E-state index in [0.29, 0.717) is 5.82 Å². The number of nitrogens with one attached hydrogen (secondary N) is 1. The first-order valence-corrected chi connectivity index (χ1v) is 4.86. The summed E-state index contributed by atoms with van der Waals surface area (Å²) in [7, 11) is 0. The maximum atomic E-state index is 10.6. The van der Waals surface area contributed by atoms with E-state index >= 15 is 0 Å². The molecule has 0 aliphatic rings. The molecular formula is C11H11N3O2. The Morgan fingerprint density at radius 1 is 1.38 bits per heavy atom. The highest BCUT2D eigenvalue weighted by Crippen LogP contribution is 2.22. The molecule has 2 aromatic rings. The number of aromatic nitrogens is 2. The van der Waals surface area contributed by atoms with Crippen molar-refractivity contribution in [1.29, 1.82) is 0 Å². The van der Waals surface area contributed by atoms with Gasteiger partial charge in [0.2, 0.25) is 0 Å². The Labute approximate surface area is 92.3 Å². The Morgan fingerprint density at radius 3 is 2.69 bits per heavy atom. The van der Waals surface area contributed by atoms with Crippen molar-refractivity contribution in [3.63, 3.8) is 0 Å². The highest BCUT2D eigenvalue weighted by Gasteiger charge is 2.10. The predicted molar refractivity (Wildman–Crippen MR) is 60.2 cm³/mol. The van der Waals surface area contributed by atoms with Gasteiger partial charge in [0.15, 0.2) is 0 Å². The van der Waals surface area contributed by atoms with Gasteiger partial charge in [0.05, 0.1) is 10.6 Å². The lowest BCUT2D eigenvalue weighted by Gasteiger charge is -1.96. The first-order chi connectivity index (χ1) is 7.58. The average molecular weight is 217 g/mol. The van der Waals surface area contributed by atoms with Crippen LogP contribution in [-0.2, 0) is 0 Å². The molecule has 5 nitrogen and oxygen atoms in total. The zero-order valence-electron chi connectivity index (χ0n) is 9.02. The first-order valence-electron chi connectivity index (χ1n) is 4.86. The Morgan fingerprint density at radius 2 is 2.12 bits per heavy atom. The van der Waals surface area contributed by atoms with E-state index in [1.807, 2.05) is 13.8 Å². The minimum atomic E-state index is -0.411. The summed E-state index contributed by atoms with van der Waals surface area (Å²) >= 11 is 0. The van der Waals surface area contributed by atoms with Crippen molar-refractivity contribution in [3.8, 4) is 11.4 Å². The van der Waals surface area contributed by atoms with Gasteiger partial charge in [-0.15, -0.1) is 0 Å². The molecule has 0 atom stereocenters.